The normalized spacial score (nSPS) is 17.6. The third-order valence-electron chi connectivity index (χ3n) is 3.20. The summed E-state index contributed by atoms with van der Waals surface area (Å²) in [5, 5.41) is 0. The van der Waals surface area contributed by atoms with Crippen LogP contribution >= 0.6 is 0 Å². The molecule has 0 bridgehead atoms. The second-order valence-electron chi connectivity index (χ2n) is 4.55. The fourth-order valence-electron chi connectivity index (χ4n) is 2.25. The summed E-state index contributed by atoms with van der Waals surface area (Å²) >= 11 is 0. The van der Waals surface area contributed by atoms with Gasteiger partial charge in [0.2, 0.25) is 0 Å². The third kappa shape index (κ3) is 3.68. The molecule has 1 aromatic rings. The van der Waals surface area contributed by atoms with Crippen molar-refractivity contribution in [1.29, 1.82) is 0 Å². The number of ketones is 1. The Morgan fingerprint density at radius 3 is 2.32 bits per heavy atom. The Hall–Kier alpha value is -1.59. The molecule has 1 aliphatic rings. The van der Waals surface area contributed by atoms with Gasteiger partial charge in [-0.15, -0.1) is 13.2 Å². The average Bonchev–Trinajstić information content (AvgIpc) is 2.31. The van der Waals surface area contributed by atoms with Crippen molar-refractivity contribution in [3.63, 3.8) is 0 Å². The van der Waals surface area contributed by atoms with E-state index in [1.54, 1.807) is 0 Å². The van der Waals surface area contributed by atoms with Crippen LogP contribution in [0.5, 0.6) is 5.75 Å². The number of ether oxygens (including phenoxy) is 1. The van der Waals surface area contributed by atoms with Crippen LogP contribution in [-0.4, -0.2) is 12.1 Å². The average molecular weight is 276 g/mol. The van der Waals surface area contributed by atoms with Gasteiger partial charge in [0.05, 0.1) is 0 Å². The molecule has 0 unspecified atom stereocenters. The van der Waals surface area contributed by atoms with Crippen LogP contribution in [0.2, 0.25) is 0 Å². The number of alkyl halides is 3. The quantitative estimate of drug-likeness (QED) is 0.764. The van der Waals surface area contributed by atoms with Crippen molar-refractivity contribution < 1.29 is 27.1 Å². The lowest BCUT2D eigenvalue weighted by Gasteiger charge is -2.21. The predicted molar refractivity (Wildman–Crippen MR) is 59.3 cm³/mol. The van der Waals surface area contributed by atoms with E-state index in [-0.39, 0.29) is 11.7 Å². The second kappa shape index (κ2) is 5.19. The maximum absolute atomic E-state index is 13.5. The number of hydrogen-bond donors (Lipinski definition) is 0. The van der Waals surface area contributed by atoms with Gasteiger partial charge in [-0.2, -0.15) is 0 Å². The maximum atomic E-state index is 13.5. The van der Waals surface area contributed by atoms with Gasteiger partial charge >= 0.3 is 6.36 Å². The van der Waals surface area contributed by atoms with Crippen LogP contribution in [0.25, 0.3) is 0 Å². The van der Waals surface area contributed by atoms with Crippen molar-refractivity contribution in [2.24, 2.45) is 0 Å². The van der Waals surface area contributed by atoms with Gasteiger partial charge < -0.3 is 4.74 Å². The monoisotopic (exact) mass is 276 g/mol. The molecule has 19 heavy (non-hydrogen) atoms. The highest BCUT2D eigenvalue weighted by Gasteiger charge is 2.32. The minimum Gasteiger partial charge on any atom is -0.403 e. The largest absolute Gasteiger partial charge is 0.573 e. The Morgan fingerprint density at radius 2 is 1.79 bits per heavy atom. The molecule has 0 saturated heterocycles. The summed E-state index contributed by atoms with van der Waals surface area (Å²) in [5.41, 5.74) is 0.611. The van der Waals surface area contributed by atoms with Crippen LogP contribution in [0.1, 0.15) is 37.2 Å². The fourth-order valence-corrected chi connectivity index (χ4v) is 2.25. The summed E-state index contributed by atoms with van der Waals surface area (Å²) in [6.45, 7) is 0. The molecular formula is C13H12F4O2. The van der Waals surface area contributed by atoms with E-state index in [9.17, 15) is 22.4 Å². The van der Waals surface area contributed by atoms with E-state index in [1.165, 1.54) is 6.07 Å². The van der Waals surface area contributed by atoms with E-state index >= 15 is 0 Å². The molecule has 1 fully saturated rings. The number of rotatable bonds is 2. The topological polar surface area (TPSA) is 26.3 Å². The van der Waals surface area contributed by atoms with E-state index in [1.807, 2.05) is 0 Å². The van der Waals surface area contributed by atoms with Gasteiger partial charge in [0.25, 0.3) is 0 Å². The molecule has 0 N–H and O–H groups in total. The van der Waals surface area contributed by atoms with Crippen LogP contribution in [0.15, 0.2) is 18.2 Å². The summed E-state index contributed by atoms with van der Waals surface area (Å²) in [6, 6.07) is 3.46. The van der Waals surface area contributed by atoms with Crippen molar-refractivity contribution in [2.75, 3.05) is 0 Å². The Balaban J connectivity index is 2.12. The van der Waals surface area contributed by atoms with E-state index in [0.29, 0.717) is 31.2 Å². The molecule has 6 heteroatoms. The van der Waals surface area contributed by atoms with E-state index in [4.69, 9.17) is 0 Å². The first kappa shape index (κ1) is 13.8. The lowest BCUT2D eigenvalue weighted by atomic mass is 9.83. The molecule has 104 valence electrons. The van der Waals surface area contributed by atoms with E-state index < -0.39 is 17.9 Å². The molecule has 0 heterocycles. The minimum atomic E-state index is -4.90. The Kier molecular flexibility index (Phi) is 3.78. The first-order valence-electron chi connectivity index (χ1n) is 5.92. The van der Waals surface area contributed by atoms with Gasteiger partial charge in [-0.3, -0.25) is 4.79 Å². The predicted octanol–water partition coefficient (Wildman–Crippen LogP) is 3.95. The first-order valence-corrected chi connectivity index (χ1v) is 5.92. The van der Waals surface area contributed by atoms with Crippen molar-refractivity contribution >= 4 is 5.78 Å². The molecule has 2 nitrogen and oxygen atoms in total. The van der Waals surface area contributed by atoms with Crippen molar-refractivity contribution in [1.82, 2.24) is 0 Å². The number of Topliss-reactive ketones (excluding diaryl/α,β-unsaturated/α-hetero) is 1. The van der Waals surface area contributed by atoms with Gasteiger partial charge in [0.15, 0.2) is 11.6 Å². The SMILES string of the molecule is O=C1CCC(c2ccc(OC(F)(F)F)c(F)c2)CC1. The number of benzene rings is 1. The third-order valence-corrected chi connectivity index (χ3v) is 3.20. The van der Waals surface area contributed by atoms with Gasteiger partial charge in [-0.25, -0.2) is 4.39 Å². The first-order chi connectivity index (χ1) is 8.85. The summed E-state index contributed by atoms with van der Waals surface area (Å²) in [5.74, 6) is -1.67. The molecule has 1 aromatic carbocycles. The smallest absolute Gasteiger partial charge is 0.403 e. The molecule has 0 radical (unpaired) electrons. The molecule has 0 aliphatic heterocycles. The number of carbonyl (C=O) groups excluding carboxylic acids is 1. The summed E-state index contributed by atoms with van der Waals surface area (Å²) in [4.78, 5) is 11.1. The Labute approximate surface area is 107 Å². The van der Waals surface area contributed by atoms with Crippen molar-refractivity contribution in [3.8, 4) is 5.75 Å². The number of carbonyl (C=O) groups is 1. The van der Waals surface area contributed by atoms with E-state index in [2.05, 4.69) is 4.74 Å². The zero-order valence-electron chi connectivity index (χ0n) is 9.97. The van der Waals surface area contributed by atoms with Crippen molar-refractivity contribution in [3.05, 3.63) is 29.6 Å². The number of hydrogen-bond acceptors (Lipinski definition) is 2. The van der Waals surface area contributed by atoms with Gasteiger partial charge in [-0.1, -0.05) is 6.07 Å². The van der Waals surface area contributed by atoms with Crippen LogP contribution in [-0.2, 0) is 4.79 Å². The number of halogens is 4. The van der Waals surface area contributed by atoms with Gasteiger partial charge in [-0.05, 0) is 36.5 Å². The van der Waals surface area contributed by atoms with Crippen LogP contribution in [0.3, 0.4) is 0 Å². The second-order valence-corrected chi connectivity index (χ2v) is 4.55. The zero-order valence-corrected chi connectivity index (χ0v) is 9.97. The Bertz CT molecular complexity index is 472. The minimum absolute atomic E-state index is 0.0205. The standard InChI is InChI=1S/C13H12F4O2/c14-11-7-9(8-1-4-10(18)5-2-8)3-6-12(11)19-13(15,16)17/h3,6-8H,1-2,4-5H2. The Morgan fingerprint density at radius 1 is 1.16 bits per heavy atom. The highest BCUT2D eigenvalue weighted by atomic mass is 19.4. The molecule has 1 aliphatic carbocycles. The van der Waals surface area contributed by atoms with Crippen LogP contribution < -0.4 is 4.74 Å². The molecule has 0 aromatic heterocycles. The van der Waals surface area contributed by atoms with Crippen LogP contribution in [0.4, 0.5) is 17.6 Å². The van der Waals surface area contributed by atoms with Gasteiger partial charge in [0.1, 0.15) is 5.78 Å². The molecule has 0 amide bonds. The van der Waals surface area contributed by atoms with Crippen molar-refractivity contribution in [2.45, 2.75) is 38.0 Å². The lowest BCUT2D eigenvalue weighted by Crippen LogP contribution is -2.18. The summed E-state index contributed by atoms with van der Waals surface area (Å²) in [7, 11) is 0. The molecular weight excluding hydrogens is 264 g/mol. The fraction of sp³-hybridized carbons (Fsp3) is 0.462. The zero-order chi connectivity index (χ0) is 14.0. The molecule has 2 rings (SSSR count). The highest BCUT2D eigenvalue weighted by molar-refractivity contribution is 5.79. The summed E-state index contributed by atoms with van der Waals surface area (Å²) in [6.07, 6.45) is -2.81. The summed E-state index contributed by atoms with van der Waals surface area (Å²) < 4.78 is 53.1. The lowest BCUT2D eigenvalue weighted by molar-refractivity contribution is -0.275. The molecule has 0 atom stereocenters. The maximum Gasteiger partial charge on any atom is 0.573 e. The highest BCUT2D eigenvalue weighted by Crippen LogP contribution is 2.34. The van der Waals surface area contributed by atoms with E-state index in [0.717, 1.165) is 12.1 Å². The molecule has 0 spiro atoms. The molecule has 1 saturated carbocycles. The van der Waals surface area contributed by atoms with Gasteiger partial charge in [0, 0.05) is 12.8 Å². The van der Waals surface area contributed by atoms with Crippen LogP contribution in [0, 0.1) is 5.82 Å².